The minimum Gasteiger partial charge on any atom is -0.465 e. The Morgan fingerprint density at radius 3 is 2.56 bits per heavy atom. The Morgan fingerprint density at radius 2 is 2.06 bits per heavy atom. The maximum Gasteiger partial charge on any atom is 0.337 e. The molecule has 1 aromatic carbocycles. The Hall–Kier alpha value is -2.10. The second kappa shape index (κ2) is 6.59. The second-order valence-corrected chi connectivity index (χ2v) is 3.46. The lowest BCUT2D eigenvalue weighted by atomic mass is 10.1. The molecule has 18 heavy (non-hydrogen) atoms. The molecule has 0 radical (unpaired) electrons. The Balaban J connectivity index is 0.000000771. The molecular formula is C14H18N2O2. The van der Waals surface area contributed by atoms with Gasteiger partial charge in [-0.1, -0.05) is 13.8 Å². The number of hydrogen-bond donors (Lipinski definition) is 0. The summed E-state index contributed by atoms with van der Waals surface area (Å²) in [4.78, 5) is 15.3. The van der Waals surface area contributed by atoms with E-state index in [0.717, 1.165) is 11.3 Å². The van der Waals surface area contributed by atoms with E-state index in [1.807, 2.05) is 37.6 Å². The summed E-state index contributed by atoms with van der Waals surface area (Å²) in [5.74, 6) is -0.319. The number of imidazole rings is 1. The number of rotatable bonds is 2. The average Bonchev–Trinajstić information content (AvgIpc) is 2.93. The fourth-order valence-electron chi connectivity index (χ4n) is 1.59. The van der Waals surface area contributed by atoms with Gasteiger partial charge in [0.05, 0.1) is 19.0 Å². The van der Waals surface area contributed by atoms with Gasteiger partial charge in [-0.15, -0.1) is 0 Å². The number of ether oxygens (including phenoxy) is 1. The molecule has 0 aliphatic carbocycles. The van der Waals surface area contributed by atoms with Crippen molar-refractivity contribution in [3.8, 4) is 5.69 Å². The summed E-state index contributed by atoms with van der Waals surface area (Å²) in [5, 5.41) is 0. The van der Waals surface area contributed by atoms with Crippen molar-refractivity contribution in [3.05, 3.63) is 48.0 Å². The molecule has 4 heteroatoms. The first-order chi connectivity index (χ1) is 8.72. The van der Waals surface area contributed by atoms with Gasteiger partial charge in [0.2, 0.25) is 0 Å². The summed E-state index contributed by atoms with van der Waals surface area (Å²) in [6, 6.07) is 5.43. The van der Waals surface area contributed by atoms with Crippen molar-refractivity contribution in [2.75, 3.05) is 7.11 Å². The molecule has 0 amide bonds. The van der Waals surface area contributed by atoms with Gasteiger partial charge in [-0.05, 0) is 30.7 Å². The van der Waals surface area contributed by atoms with Crippen LogP contribution in [-0.2, 0) is 4.74 Å². The van der Waals surface area contributed by atoms with Crippen LogP contribution in [0.4, 0.5) is 0 Å². The smallest absolute Gasteiger partial charge is 0.337 e. The molecule has 0 spiro atoms. The molecule has 0 fully saturated rings. The number of methoxy groups -OCH3 is 1. The molecule has 0 aliphatic heterocycles. The zero-order chi connectivity index (χ0) is 13.5. The van der Waals surface area contributed by atoms with E-state index >= 15 is 0 Å². The van der Waals surface area contributed by atoms with E-state index in [9.17, 15) is 4.79 Å². The Morgan fingerprint density at radius 1 is 1.33 bits per heavy atom. The van der Waals surface area contributed by atoms with Crippen LogP contribution in [-0.4, -0.2) is 22.6 Å². The van der Waals surface area contributed by atoms with Crippen LogP contribution in [0.15, 0.2) is 36.9 Å². The molecule has 0 atom stereocenters. The second-order valence-electron chi connectivity index (χ2n) is 3.46. The zero-order valence-electron chi connectivity index (χ0n) is 11.2. The number of carbonyl (C=O) groups excluding carboxylic acids is 1. The van der Waals surface area contributed by atoms with Gasteiger partial charge in [0.1, 0.15) is 0 Å². The van der Waals surface area contributed by atoms with E-state index in [4.69, 9.17) is 0 Å². The van der Waals surface area contributed by atoms with Crippen LogP contribution in [0.3, 0.4) is 0 Å². The molecule has 4 nitrogen and oxygen atoms in total. The van der Waals surface area contributed by atoms with Gasteiger partial charge in [0.25, 0.3) is 0 Å². The zero-order valence-corrected chi connectivity index (χ0v) is 11.2. The van der Waals surface area contributed by atoms with Crippen LogP contribution in [0.2, 0.25) is 0 Å². The van der Waals surface area contributed by atoms with Gasteiger partial charge >= 0.3 is 5.97 Å². The lowest BCUT2D eigenvalue weighted by molar-refractivity contribution is 0.0600. The van der Waals surface area contributed by atoms with Gasteiger partial charge in [0, 0.05) is 18.1 Å². The molecule has 2 aromatic rings. The van der Waals surface area contributed by atoms with Crippen LogP contribution in [0, 0.1) is 6.92 Å². The third kappa shape index (κ3) is 2.97. The lowest BCUT2D eigenvalue weighted by Gasteiger charge is -2.07. The average molecular weight is 246 g/mol. The van der Waals surface area contributed by atoms with Gasteiger partial charge < -0.3 is 9.30 Å². The van der Waals surface area contributed by atoms with E-state index in [2.05, 4.69) is 9.72 Å². The number of hydrogen-bond acceptors (Lipinski definition) is 3. The summed E-state index contributed by atoms with van der Waals surface area (Å²) >= 11 is 0. The summed E-state index contributed by atoms with van der Waals surface area (Å²) in [5.41, 5.74) is 2.56. The van der Waals surface area contributed by atoms with Crippen LogP contribution in [0.1, 0.15) is 29.8 Å². The quantitative estimate of drug-likeness (QED) is 0.765. The topological polar surface area (TPSA) is 44.1 Å². The molecule has 96 valence electrons. The summed E-state index contributed by atoms with van der Waals surface area (Å²) in [7, 11) is 1.38. The number of carbonyl (C=O) groups is 1. The van der Waals surface area contributed by atoms with Gasteiger partial charge in [-0.2, -0.15) is 0 Å². The van der Waals surface area contributed by atoms with Gasteiger partial charge in [-0.25, -0.2) is 9.78 Å². The Bertz CT molecular complexity index is 505. The molecule has 0 bridgehead atoms. The predicted molar refractivity (Wildman–Crippen MR) is 71.0 cm³/mol. The minimum absolute atomic E-state index is 0.319. The summed E-state index contributed by atoms with van der Waals surface area (Å²) in [6.07, 6.45) is 5.30. The van der Waals surface area contributed by atoms with Crippen LogP contribution >= 0.6 is 0 Å². The number of benzene rings is 1. The van der Waals surface area contributed by atoms with Gasteiger partial charge in [0.15, 0.2) is 0 Å². The van der Waals surface area contributed by atoms with Crippen molar-refractivity contribution in [2.45, 2.75) is 20.8 Å². The van der Waals surface area contributed by atoms with Crippen LogP contribution in [0.25, 0.3) is 5.69 Å². The third-order valence-electron chi connectivity index (χ3n) is 2.40. The van der Waals surface area contributed by atoms with Crippen molar-refractivity contribution < 1.29 is 9.53 Å². The largest absolute Gasteiger partial charge is 0.465 e. The lowest BCUT2D eigenvalue weighted by Crippen LogP contribution is -2.03. The molecule has 0 saturated carbocycles. The molecular weight excluding hydrogens is 228 g/mol. The van der Waals surface area contributed by atoms with Crippen molar-refractivity contribution in [3.63, 3.8) is 0 Å². The molecule has 0 N–H and O–H groups in total. The highest BCUT2D eigenvalue weighted by Gasteiger charge is 2.07. The van der Waals surface area contributed by atoms with E-state index < -0.39 is 0 Å². The van der Waals surface area contributed by atoms with E-state index in [1.54, 1.807) is 24.7 Å². The van der Waals surface area contributed by atoms with Crippen LogP contribution in [0.5, 0.6) is 0 Å². The maximum atomic E-state index is 11.3. The third-order valence-corrected chi connectivity index (χ3v) is 2.40. The summed E-state index contributed by atoms with van der Waals surface area (Å²) < 4.78 is 6.56. The molecule has 0 saturated heterocycles. The first-order valence-corrected chi connectivity index (χ1v) is 5.89. The number of aromatic nitrogens is 2. The monoisotopic (exact) mass is 246 g/mol. The first-order valence-electron chi connectivity index (χ1n) is 5.89. The van der Waals surface area contributed by atoms with E-state index in [0.29, 0.717) is 5.56 Å². The SMILES string of the molecule is CC.COC(=O)c1ccc(-n2ccnc2)c(C)c1. The van der Waals surface area contributed by atoms with E-state index in [1.165, 1.54) is 7.11 Å². The normalized spacial score (nSPS) is 9.33. The molecule has 2 rings (SSSR count). The van der Waals surface area contributed by atoms with Crippen molar-refractivity contribution in [1.29, 1.82) is 0 Å². The number of aryl methyl sites for hydroxylation is 1. The first kappa shape index (κ1) is 14.0. The van der Waals surface area contributed by atoms with Crippen molar-refractivity contribution in [2.24, 2.45) is 0 Å². The summed E-state index contributed by atoms with van der Waals surface area (Å²) in [6.45, 7) is 5.95. The van der Waals surface area contributed by atoms with E-state index in [-0.39, 0.29) is 5.97 Å². The highest BCUT2D eigenvalue weighted by molar-refractivity contribution is 5.89. The van der Waals surface area contributed by atoms with Crippen molar-refractivity contribution in [1.82, 2.24) is 9.55 Å². The molecule has 0 aliphatic rings. The standard InChI is InChI=1S/C12H12N2O2.C2H6/c1-9-7-10(12(15)16-2)3-4-11(9)14-6-5-13-8-14;1-2/h3-8H,1-2H3;1-2H3. The number of esters is 1. The minimum atomic E-state index is -0.319. The highest BCUT2D eigenvalue weighted by Crippen LogP contribution is 2.15. The van der Waals surface area contributed by atoms with Crippen molar-refractivity contribution >= 4 is 5.97 Å². The van der Waals surface area contributed by atoms with Crippen LogP contribution < -0.4 is 0 Å². The van der Waals surface area contributed by atoms with Gasteiger partial charge in [-0.3, -0.25) is 0 Å². The fourth-order valence-corrected chi connectivity index (χ4v) is 1.59. The molecule has 1 aromatic heterocycles. The predicted octanol–water partition coefficient (Wildman–Crippen LogP) is 2.99. The Labute approximate surface area is 107 Å². The number of nitrogens with zero attached hydrogens (tertiary/aromatic N) is 2. The maximum absolute atomic E-state index is 11.3. The Kier molecular flexibility index (Phi) is 5.11. The fraction of sp³-hybridized carbons (Fsp3) is 0.286. The molecule has 1 heterocycles. The highest BCUT2D eigenvalue weighted by atomic mass is 16.5. The molecule has 0 unspecified atom stereocenters.